The smallest absolute Gasteiger partial charge is 0.258 e. The van der Waals surface area contributed by atoms with Crippen LogP contribution in [-0.4, -0.2) is 61.2 Å². The summed E-state index contributed by atoms with van der Waals surface area (Å²) in [7, 11) is 0. The zero-order chi connectivity index (χ0) is 21.2. The molecular weight excluding hydrogens is 384 g/mol. The van der Waals surface area contributed by atoms with Gasteiger partial charge in [0, 0.05) is 19.3 Å². The number of hydrogen-bond donors (Lipinski definition) is 2. The number of benzene rings is 1. The van der Waals surface area contributed by atoms with Gasteiger partial charge in [0.1, 0.15) is 18.2 Å². The Morgan fingerprint density at radius 2 is 2.07 bits per heavy atom. The summed E-state index contributed by atoms with van der Waals surface area (Å²) >= 11 is 0. The van der Waals surface area contributed by atoms with Crippen LogP contribution in [-0.2, 0) is 9.53 Å². The second-order valence-electron chi connectivity index (χ2n) is 6.91. The third-order valence-corrected chi connectivity index (χ3v) is 4.64. The van der Waals surface area contributed by atoms with Crippen molar-refractivity contribution in [1.82, 2.24) is 15.2 Å². The molecule has 2 heterocycles. The maximum absolute atomic E-state index is 13.3. The predicted molar refractivity (Wildman–Crippen MR) is 114 cm³/mol. The number of unbranched alkanes of at least 4 members (excludes halogenated alkanes) is 1. The van der Waals surface area contributed by atoms with E-state index in [1.807, 2.05) is 24.3 Å². The molecule has 0 fully saturated rings. The summed E-state index contributed by atoms with van der Waals surface area (Å²) in [5, 5.41) is 6.06. The molecule has 1 aromatic carbocycles. The summed E-state index contributed by atoms with van der Waals surface area (Å²) in [6, 6.07) is 10.9. The highest BCUT2D eigenvalue weighted by molar-refractivity contribution is 6.01. The Hall–Kier alpha value is -3.13. The molecule has 1 aliphatic heterocycles. The van der Waals surface area contributed by atoms with E-state index in [4.69, 9.17) is 9.47 Å². The number of carbonyl (C=O) groups excluding carboxylic acids is 2. The van der Waals surface area contributed by atoms with E-state index in [1.165, 1.54) is 4.90 Å². The zero-order valence-corrected chi connectivity index (χ0v) is 17.2. The molecule has 1 aromatic heterocycles. The number of para-hydroxylation sites is 2. The quantitative estimate of drug-likeness (QED) is 0.734. The van der Waals surface area contributed by atoms with Gasteiger partial charge in [-0.2, -0.15) is 0 Å². The van der Waals surface area contributed by atoms with E-state index in [-0.39, 0.29) is 18.4 Å². The monoisotopic (exact) mass is 412 g/mol. The standard InChI is InChI=1S/C22H28N4O4/c1-2-3-10-23-20(27)16-26-12-13-29-14-15-30-19-9-5-4-8-18(19)25-21-17(22(26)28)7-6-11-24-21/h4-9,11H,2-3,10,12-16H2,1H3,(H,23,27)(H,24,25). The Kier molecular flexibility index (Phi) is 8.02. The fourth-order valence-electron chi connectivity index (χ4n) is 3.04. The van der Waals surface area contributed by atoms with Gasteiger partial charge in [-0.15, -0.1) is 0 Å². The van der Waals surface area contributed by atoms with Gasteiger partial charge in [-0.25, -0.2) is 4.98 Å². The summed E-state index contributed by atoms with van der Waals surface area (Å²) in [5.74, 6) is 0.595. The van der Waals surface area contributed by atoms with Crippen LogP contribution in [0.3, 0.4) is 0 Å². The van der Waals surface area contributed by atoms with Gasteiger partial charge in [-0.05, 0) is 30.7 Å². The molecule has 2 aromatic rings. The molecular formula is C22H28N4O4. The number of rotatable bonds is 5. The third-order valence-electron chi connectivity index (χ3n) is 4.64. The van der Waals surface area contributed by atoms with E-state index >= 15 is 0 Å². The molecule has 8 nitrogen and oxygen atoms in total. The van der Waals surface area contributed by atoms with Crippen LogP contribution in [0, 0.1) is 0 Å². The number of hydrogen-bond acceptors (Lipinski definition) is 6. The predicted octanol–water partition coefficient (Wildman–Crippen LogP) is 2.59. The zero-order valence-electron chi connectivity index (χ0n) is 17.2. The summed E-state index contributed by atoms with van der Waals surface area (Å²) in [6.45, 7) is 3.98. The second-order valence-corrected chi connectivity index (χ2v) is 6.91. The van der Waals surface area contributed by atoms with Crippen LogP contribution in [0.15, 0.2) is 42.6 Å². The lowest BCUT2D eigenvalue weighted by Gasteiger charge is -2.23. The van der Waals surface area contributed by atoms with Crippen LogP contribution in [0.5, 0.6) is 5.75 Å². The molecule has 0 atom stereocenters. The summed E-state index contributed by atoms with van der Waals surface area (Å²) < 4.78 is 11.4. The van der Waals surface area contributed by atoms with Gasteiger partial charge < -0.3 is 25.0 Å². The number of amides is 2. The van der Waals surface area contributed by atoms with Crippen molar-refractivity contribution in [2.45, 2.75) is 19.8 Å². The molecule has 2 N–H and O–H groups in total. The maximum Gasteiger partial charge on any atom is 0.258 e. The normalized spacial score (nSPS) is 14.7. The van der Waals surface area contributed by atoms with E-state index in [1.54, 1.807) is 18.3 Å². The minimum absolute atomic E-state index is 0.0344. The largest absolute Gasteiger partial charge is 0.489 e. The van der Waals surface area contributed by atoms with Crippen LogP contribution < -0.4 is 15.4 Å². The Balaban J connectivity index is 1.85. The van der Waals surface area contributed by atoms with Crippen molar-refractivity contribution in [3.63, 3.8) is 0 Å². The molecule has 3 rings (SSSR count). The van der Waals surface area contributed by atoms with Crippen LogP contribution >= 0.6 is 0 Å². The number of carbonyl (C=O) groups is 2. The van der Waals surface area contributed by atoms with E-state index in [0.717, 1.165) is 12.8 Å². The lowest BCUT2D eigenvalue weighted by molar-refractivity contribution is -0.121. The first-order valence-corrected chi connectivity index (χ1v) is 10.3. The Morgan fingerprint density at radius 1 is 1.20 bits per heavy atom. The van der Waals surface area contributed by atoms with Crippen LogP contribution in [0.4, 0.5) is 11.5 Å². The molecule has 0 saturated carbocycles. The second kappa shape index (κ2) is 11.2. The summed E-state index contributed by atoms with van der Waals surface area (Å²) in [5.41, 5.74) is 1.08. The number of anilines is 2. The molecule has 0 saturated heterocycles. The number of nitrogens with zero attached hydrogens (tertiary/aromatic N) is 2. The first kappa shape index (κ1) is 21.6. The molecule has 0 unspecified atom stereocenters. The highest BCUT2D eigenvalue weighted by Gasteiger charge is 2.22. The Labute approximate surface area is 176 Å². The first-order chi connectivity index (χ1) is 14.7. The van der Waals surface area contributed by atoms with Crippen molar-refractivity contribution in [2.75, 3.05) is 44.8 Å². The fraction of sp³-hybridized carbons (Fsp3) is 0.409. The molecule has 8 heteroatoms. The van der Waals surface area contributed by atoms with Gasteiger partial charge in [0.15, 0.2) is 0 Å². The lowest BCUT2D eigenvalue weighted by atomic mass is 10.2. The van der Waals surface area contributed by atoms with Crippen LogP contribution in [0.2, 0.25) is 0 Å². The van der Waals surface area contributed by atoms with Gasteiger partial charge >= 0.3 is 0 Å². The Bertz CT molecular complexity index is 859. The van der Waals surface area contributed by atoms with E-state index in [9.17, 15) is 9.59 Å². The maximum atomic E-state index is 13.3. The number of aromatic nitrogens is 1. The Morgan fingerprint density at radius 3 is 2.93 bits per heavy atom. The van der Waals surface area contributed by atoms with Crippen molar-refractivity contribution >= 4 is 23.3 Å². The SMILES string of the molecule is CCCCNC(=O)CN1CCOCCOc2ccccc2Nc2ncccc2C1=O. The molecule has 2 amide bonds. The third kappa shape index (κ3) is 5.93. The summed E-state index contributed by atoms with van der Waals surface area (Å²) in [4.78, 5) is 31.5. The highest BCUT2D eigenvalue weighted by atomic mass is 16.5. The molecule has 0 radical (unpaired) electrons. The number of pyridine rings is 1. The van der Waals surface area contributed by atoms with E-state index < -0.39 is 0 Å². The van der Waals surface area contributed by atoms with Crippen molar-refractivity contribution in [1.29, 1.82) is 0 Å². The van der Waals surface area contributed by atoms with Crippen molar-refractivity contribution in [2.24, 2.45) is 0 Å². The molecule has 1 aliphatic rings. The highest BCUT2D eigenvalue weighted by Crippen LogP contribution is 2.28. The van der Waals surface area contributed by atoms with E-state index in [2.05, 4.69) is 22.5 Å². The van der Waals surface area contributed by atoms with Gasteiger partial charge in [-0.3, -0.25) is 9.59 Å². The molecule has 0 spiro atoms. The fourth-order valence-corrected chi connectivity index (χ4v) is 3.04. The van der Waals surface area contributed by atoms with Crippen molar-refractivity contribution in [3.05, 3.63) is 48.2 Å². The van der Waals surface area contributed by atoms with Gasteiger partial charge in [0.05, 0.1) is 31.0 Å². The van der Waals surface area contributed by atoms with Crippen molar-refractivity contribution < 1.29 is 19.1 Å². The molecule has 160 valence electrons. The van der Waals surface area contributed by atoms with Crippen LogP contribution in [0.25, 0.3) is 0 Å². The van der Waals surface area contributed by atoms with Crippen molar-refractivity contribution in [3.8, 4) is 5.75 Å². The average molecular weight is 412 g/mol. The lowest BCUT2D eigenvalue weighted by Crippen LogP contribution is -2.42. The van der Waals surface area contributed by atoms with Crippen LogP contribution in [0.1, 0.15) is 30.1 Å². The molecule has 0 aliphatic carbocycles. The first-order valence-electron chi connectivity index (χ1n) is 10.3. The van der Waals surface area contributed by atoms with Gasteiger partial charge in [0.2, 0.25) is 5.91 Å². The molecule has 30 heavy (non-hydrogen) atoms. The number of nitrogens with one attached hydrogen (secondary N) is 2. The van der Waals surface area contributed by atoms with Gasteiger partial charge in [0.25, 0.3) is 5.91 Å². The van der Waals surface area contributed by atoms with Gasteiger partial charge in [-0.1, -0.05) is 25.5 Å². The number of fused-ring (bicyclic) bond motifs is 2. The van der Waals surface area contributed by atoms with E-state index in [0.29, 0.717) is 55.7 Å². The average Bonchev–Trinajstić information content (AvgIpc) is 2.77. The minimum atomic E-state index is -0.280. The topological polar surface area (TPSA) is 92.8 Å². The minimum Gasteiger partial charge on any atom is -0.489 e. The summed E-state index contributed by atoms with van der Waals surface area (Å²) in [6.07, 6.45) is 3.51. The number of ether oxygens (including phenoxy) is 2. The molecule has 0 bridgehead atoms.